The predicted octanol–water partition coefficient (Wildman–Crippen LogP) is 2.38. The van der Waals surface area contributed by atoms with Crippen LogP contribution in [0.1, 0.15) is 9.67 Å². The smallest absolute Gasteiger partial charge is 0.349 e. The van der Waals surface area contributed by atoms with Crippen molar-refractivity contribution in [3.63, 3.8) is 0 Å². The molecule has 0 saturated carbocycles. The number of carbonyl (C=O) groups is 1. The van der Waals surface area contributed by atoms with Crippen molar-refractivity contribution in [1.29, 1.82) is 0 Å². The van der Waals surface area contributed by atoms with Gasteiger partial charge in [-0.15, -0.1) is 11.3 Å². The van der Waals surface area contributed by atoms with Crippen molar-refractivity contribution in [2.45, 2.75) is 0 Å². The number of hydrogen-bond donors (Lipinski definition) is 1. The molecule has 0 radical (unpaired) electrons. The standard InChI is InChI=1S/C5HClF2O2S/c6-4-2(8)1(7)3(11-4)5(9)10/h(H,9,10). The summed E-state index contributed by atoms with van der Waals surface area (Å²) in [5.41, 5.74) is 0. The molecular formula is C5HClF2O2S. The minimum Gasteiger partial charge on any atom is -0.477 e. The molecule has 0 aromatic carbocycles. The van der Waals surface area contributed by atoms with Crippen LogP contribution >= 0.6 is 22.9 Å². The van der Waals surface area contributed by atoms with Gasteiger partial charge in [-0.2, -0.15) is 0 Å². The summed E-state index contributed by atoms with van der Waals surface area (Å²) in [4.78, 5) is 9.43. The van der Waals surface area contributed by atoms with Gasteiger partial charge < -0.3 is 5.11 Å². The van der Waals surface area contributed by atoms with Crippen molar-refractivity contribution in [3.8, 4) is 0 Å². The lowest BCUT2D eigenvalue weighted by atomic mass is 10.4. The second-order valence-corrected chi connectivity index (χ2v) is 3.26. The summed E-state index contributed by atoms with van der Waals surface area (Å²) < 4.78 is 24.3. The zero-order valence-electron chi connectivity index (χ0n) is 4.90. The van der Waals surface area contributed by atoms with Crippen LogP contribution in [-0.4, -0.2) is 11.1 Å². The Kier molecular flexibility index (Phi) is 2.10. The van der Waals surface area contributed by atoms with E-state index in [0.29, 0.717) is 11.3 Å². The van der Waals surface area contributed by atoms with Crippen molar-refractivity contribution in [3.05, 3.63) is 20.8 Å². The molecule has 1 aromatic rings. The quantitative estimate of drug-likeness (QED) is 0.752. The van der Waals surface area contributed by atoms with Gasteiger partial charge >= 0.3 is 5.97 Å². The summed E-state index contributed by atoms with van der Waals surface area (Å²) >= 11 is 5.48. The van der Waals surface area contributed by atoms with Crippen LogP contribution in [0.3, 0.4) is 0 Å². The molecule has 0 aliphatic carbocycles. The van der Waals surface area contributed by atoms with Crippen LogP contribution < -0.4 is 0 Å². The van der Waals surface area contributed by atoms with Gasteiger partial charge in [-0.1, -0.05) is 11.6 Å². The van der Waals surface area contributed by atoms with Crippen LogP contribution in [0.15, 0.2) is 0 Å². The molecule has 2 nitrogen and oxygen atoms in total. The molecule has 11 heavy (non-hydrogen) atoms. The van der Waals surface area contributed by atoms with Gasteiger partial charge in [-0.3, -0.25) is 0 Å². The van der Waals surface area contributed by atoms with E-state index < -0.39 is 26.8 Å². The molecule has 6 heteroatoms. The van der Waals surface area contributed by atoms with Gasteiger partial charge in [0.25, 0.3) is 0 Å². The monoisotopic (exact) mass is 198 g/mol. The lowest BCUT2D eigenvalue weighted by Gasteiger charge is -1.83. The maximum absolute atomic E-state index is 12.4. The average molecular weight is 199 g/mol. The summed E-state index contributed by atoms with van der Waals surface area (Å²) in [5.74, 6) is -4.21. The zero-order chi connectivity index (χ0) is 8.59. The van der Waals surface area contributed by atoms with Gasteiger partial charge in [0.05, 0.1) is 0 Å². The first-order valence-corrected chi connectivity index (χ1v) is 3.60. The number of rotatable bonds is 1. The van der Waals surface area contributed by atoms with Crippen molar-refractivity contribution in [1.82, 2.24) is 0 Å². The van der Waals surface area contributed by atoms with Crippen molar-refractivity contribution < 1.29 is 18.7 Å². The summed E-state index contributed by atoms with van der Waals surface area (Å²) in [6, 6.07) is 0. The number of aromatic carboxylic acids is 1. The highest BCUT2D eigenvalue weighted by Crippen LogP contribution is 2.29. The number of carboxylic acid groups (broad SMARTS) is 1. The minimum absolute atomic E-state index is 0.365. The molecule has 1 aromatic heterocycles. The molecule has 1 N–H and O–H groups in total. The first kappa shape index (κ1) is 8.42. The third-order valence-electron chi connectivity index (χ3n) is 0.951. The molecule has 1 heterocycles. The third-order valence-corrected chi connectivity index (χ3v) is 2.26. The highest BCUT2D eigenvalue weighted by molar-refractivity contribution is 7.17. The summed E-state index contributed by atoms with van der Waals surface area (Å²) in [6.45, 7) is 0. The maximum Gasteiger partial charge on any atom is 0.349 e. The van der Waals surface area contributed by atoms with E-state index in [1.54, 1.807) is 0 Å². The molecular weight excluding hydrogens is 198 g/mol. The van der Waals surface area contributed by atoms with E-state index in [-0.39, 0.29) is 0 Å². The van der Waals surface area contributed by atoms with Crippen LogP contribution in [0.4, 0.5) is 8.78 Å². The fourth-order valence-corrected chi connectivity index (χ4v) is 1.44. The molecule has 0 saturated heterocycles. The van der Waals surface area contributed by atoms with Crippen LogP contribution in [0.25, 0.3) is 0 Å². The fourth-order valence-electron chi connectivity index (χ4n) is 0.503. The molecule has 0 aliphatic rings. The van der Waals surface area contributed by atoms with Crippen LogP contribution in [0.5, 0.6) is 0 Å². The van der Waals surface area contributed by atoms with E-state index in [1.807, 2.05) is 0 Å². The van der Waals surface area contributed by atoms with Gasteiger partial charge in [0, 0.05) is 0 Å². The van der Waals surface area contributed by atoms with E-state index in [9.17, 15) is 13.6 Å². The second kappa shape index (κ2) is 2.75. The first-order chi connectivity index (χ1) is 5.04. The Morgan fingerprint density at radius 3 is 2.18 bits per heavy atom. The number of hydrogen-bond acceptors (Lipinski definition) is 2. The Hall–Kier alpha value is -0.680. The number of carboxylic acids is 1. The number of thiophene rings is 1. The van der Waals surface area contributed by atoms with Gasteiger partial charge in [0.2, 0.25) is 0 Å². The Bertz CT molecular complexity index is 310. The van der Waals surface area contributed by atoms with E-state index >= 15 is 0 Å². The zero-order valence-corrected chi connectivity index (χ0v) is 6.47. The lowest BCUT2D eigenvalue weighted by molar-refractivity contribution is 0.0697. The van der Waals surface area contributed by atoms with Crippen molar-refractivity contribution >= 4 is 28.9 Å². The predicted molar refractivity (Wildman–Crippen MR) is 36.2 cm³/mol. The second-order valence-electron chi connectivity index (χ2n) is 1.64. The molecule has 60 valence electrons. The van der Waals surface area contributed by atoms with Gasteiger partial charge in [-0.25, -0.2) is 13.6 Å². The van der Waals surface area contributed by atoms with Gasteiger partial charge in [0.15, 0.2) is 16.5 Å². The minimum atomic E-state index is -1.52. The van der Waals surface area contributed by atoms with Gasteiger partial charge in [-0.05, 0) is 0 Å². The van der Waals surface area contributed by atoms with Crippen LogP contribution in [0.2, 0.25) is 4.34 Å². The molecule has 0 aliphatic heterocycles. The highest BCUT2D eigenvalue weighted by atomic mass is 35.5. The van der Waals surface area contributed by atoms with E-state index in [0.717, 1.165) is 0 Å². The molecule has 1 rings (SSSR count). The molecule has 0 fully saturated rings. The Morgan fingerprint density at radius 1 is 1.45 bits per heavy atom. The topological polar surface area (TPSA) is 37.3 Å². The summed E-state index contributed by atoms with van der Waals surface area (Å²) in [7, 11) is 0. The summed E-state index contributed by atoms with van der Waals surface area (Å²) in [5, 5.41) is 8.25. The van der Waals surface area contributed by atoms with Crippen molar-refractivity contribution in [2.24, 2.45) is 0 Å². The molecule has 0 spiro atoms. The van der Waals surface area contributed by atoms with Crippen molar-refractivity contribution in [2.75, 3.05) is 0 Å². The van der Waals surface area contributed by atoms with E-state index in [2.05, 4.69) is 0 Å². The van der Waals surface area contributed by atoms with Crippen LogP contribution in [0, 0.1) is 11.6 Å². The number of halogens is 3. The molecule has 0 atom stereocenters. The SMILES string of the molecule is O=C(O)c1sc(Cl)c(F)c1F. The lowest BCUT2D eigenvalue weighted by Crippen LogP contribution is -1.95. The largest absolute Gasteiger partial charge is 0.477 e. The third kappa shape index (κ3) is 1.34. The maximum atomic E-state index is 12.4. The van der Waals surface area contributed by atoms with E-state index in [4.69, 9.17) is 16.7 Å². The van der Waals surface area contributed by atoms with E-state index in [1.165, 1.54) is 0 Å². The fraction of sp³-hybridized carbons (Fsp3) is 0. The first-order valence-electron chi connectivity index (χ1n) is 2.40. The summed E-state index contributed by atoms with van der Waals surface area (Å²) in [6.07, 6.45) is 0. The highest BCUT2D eigenvalue weighted by Gasteiger charge is 2.21. The average Bonchev–Trinajstić information content (AvgIpc) is 2.17. The molecule has 0 bridgehead atoms. The molecule has 0 amide bonds. The normalized spacial score (nSPS) is 10.1. The Morgan fingerprint density at radius 2 is 2.00 bits per heavy atom. The van der Waals surface area contributed by atoms with Crippen LogP contribution in [-0.2, 0) is 0 Å². The van der Waals surface area contributed by atoms with Gasteiger partial charge in [0.1, 0.15) is 4.34 Å². The molecule has 0 unspecified atom stereocenters. The Balaban J connectivity index is 3.29. The Labute approximate surface area is 69.0 Å².